The van der Waals surface area contributed by atoms with Crippen LogP contribution in [0.4, 0.5) is 9.18 Å². The SMILES string of the molecule is CC(=O)N[C@@H](Cc1ccc(CNC(=O)OC(C)(C)C)cc1)c1nnc(-c2cccc(F)c2)o1. The van der Waals surface area contributed by atoms with Gasteiger partial charge in [0.1, 0.15) is 17.5 Å². The maximum Gasteiger partial charge on any atom is 0.407 e. The Morgan fingerprint density at radius 3 is 2.42 bits per heavy atom. The molecule has 0 aliphatic carbocycles. The zero-order chi connectivity index (χ0) is 24.0. The first-order valence-electron chi connectivity index (χ1n) is 10.5. The van der Waals surface area contributed by atoms with Gasteiger partial charge in [0.05, 0.1) is 0 Å². The van der Waals surface area contributed by atoms with Crippen molar-refractivity contribution in [3.8, 4) is 11.5 Å². The second-order valence-electron chi connectivity index (χ2n) is 8.58. The van der Waals surface area contributed by atoms with Crippen LogP contribution < -0.4 is 10.6 Å². The monoisotopic (exact) mass is 454 g/mol. The molecule has 0 spiro atoms. The van der Waals surface area contributed by atoms with Gasteiger partial charge in [0.25, 0.3) is 0 Å². The Kier molecular flexibility index (Phi) is 7.42. The number of nitrogens with zero attached hydrogens (tertiary/aromatic N) is 2. The Balaban J connectivity index is 1.67. The molecule has 8 nitrogen and oxygen atoms in total. The summed E-state index contributed by atoms with van der Waals surface area (Å²) in [5.74, 6) is -0.265. The van der Waals surface area contributed by atoms with Crippen molar-refractivity contribution >= 4 is 12.0 Å². The van der Waals surface area contributed by atoms with Crippen molar-refractivity contribution in [2.45, 2.75) is 52.3 Å². The summed E-state index contributed by atoms with van der Waals surface area (Å²) in [7, 11) is 0. The van der Waals surface area contributed by atoms with Crippen LogP contribution >= 0.6 is 0 Å². The summed E-state index contributed by atoms with van der Waals surface area (Å²) in [6.45, 7) is 7.14. The smallest absolute Gasteiger partial charge is 0.407 e. The van der Waals surface area contributed by atoms with Gasteiger partial charge < -0.3 is 19.8 Å². The zero-order valence-electron chi connectivity index (χ0n) is 19.0. The number of nitrogens with one attached hydrogen (secondary N) is 2. The van der Waals surface area contributed by atoms with Crippen molar-refractivity contribution in [3.63, 3.8) is 0 Å². The first-order chi connectivity index (χ1) is 15.6. The number of hydrogen-bond donors (Lipinski definition) is 2. The molecule has 0 aliphatic heterocycles. The molecule has 174 valence electrons. The second-order valence-corrected chi connectivity index (χ2v) is 8.58. The lowest BCUT2D eigenvalue weighted by atomic mass is 10.0. The first kappa shape index (κ1) is 23.9. The average molecular weight is 455 g/mol. The molecule has 33 heavy (non-hydrogen) atoms. The van der Waals surface area contributed by atoms with E-state index in [0.717, 1.165) is 11.1 Å². The Labute approximate surface area is 191 Å². The fraction of sp³-hybridized carbons (Fsp3) is 0.333. The molecule has 1 heterocycles. The number of carbonyl (C=O) groups is 2. The number of amides is 2. The van der Waals surface area contributed by atoms with E-state index in [9.17, 15) is 14.0 Å². The maximum atomic E-state index is 13.5. The van der Waals surface area contributed by atoms with Gasteiger partial charge in [-0.05, 0) is 50.1 Å². The summed E-state index contributed by atoms with van der Waals surface area (Å²) in [4.78, 5) is 23.5. The van der Waals surface area contributed by atoms with E-state index in [2.05, 4.69) is 20.8 Å². The third kappa shape index (κ3) is 7.41. The van der Waals surface area contributed by atoms with Gasteiger partial charge in [0.15, 0.2) is 0 Å². The van der Waals surface area contributed by atoms with E-state index in [0.29, 0.717) is 18.5 Å². The molecule has 0 bridgehead atoms. The molecular weight excluding hydrogens is 427 g/mol. The lowest BCUT2D eigenvalue weighted by Crippen LogP contribution is -2.32. The molecule has 3 rings (SSSR count). The molecule has 0 radical (unpaired) electrons. The second kappa shape index (κ2) is 10.2. The van der Waals surface area contributed by atoms with Crippen molar-refractivity contribution in [2.24, 2.45) is 0 Å². The highest BCUT2D eigenvalue weighted by Crippen LogP contribution is 2.24. The molecule has 9 heteroatoms. The van der Waals surface area contributed by atoms with Gasteiger partial charge in [0, 0.05) is 25.5 Å². The van der Waals surface area contributed by atoms with E-state index >= 15 is 0 Å². The largest absolute Gasteiger partial charge is 0.444 e. The van der Waals surface area contributed by atoms with Gasteiger partial charge in [0.2, 0.25) is 17.7 Å². The van der Waals surface area contributed by atoms with Crippen LogP contribution in [0.2, 0.25) is 0 Å². The molecule has 3 aromatic rings. The van der Waals surface area contributed by atoms with Crippen LogP contribution in [0.1, 0.15) is 50.8 Å². The third-order valence-electron chi connectivity index (χ3n) is 4.49. The van der Waals surface area contributed by atoms with Crippen LogP contribution in [0.5, 0.6) is 0 Å². The molecule has 0 aliphatic rings. The van der Waals surface area contributed by atoms with E-state index in [1.165, 1.54) is 19.1 Å². The van der Waals surface area contributed by atoms with E-state index in [1.807, 2.05) is 24.3 Å². The molecule has 1 atom stereocenters. The average Bonchev–Trinajstić information content (AvgIpc) is 3.21. The summed E-state index contributed by atoms with van der Waals surface area (Å²) >= 11 is 0. The van der Waals surface area contributed by atoms with E-state index < -0.39 is 23.6 Å². The minimum Gasteiger partial charge on any atom is -0.444 e. The normalized spacial score (nSPS) is 12.2. The van der Waals surface area contributed by atoms with Crippen LogP contribution in [-0.4, -0.2) is 27.8 Å². The van der Waals surface area contributed by atoms with Crippen LogP contribution in [0.15, 0.2) is 52.9 Å². The van der Waals surface area contributed by atoms with Gasteiger partial charge >= 0.3 is 6.09 Å². The Morgan fingerprint density at radius 1 is 1.09 bits per heavy atom. The topological polar surface area (TPSA) is 106 Å². The molecule has 0 saturated carbocycles. The predicted octanol–water partition coefficient (Wildman–Crippen LogP) is 4.32. The van der Waals surface area contributed by atoms with Crippen LogP contribution in [0.3, 0.4) is 0 Å². The molecular formula is C24H27FN4O4. The summed E-state index contributed by atoms with van der Waals surface area (Å²) < 4.78 is 24.5. The van der Waals surface area contributed by atoms with Crippen molar-refractivity contribution in [1.82, 2.24) is 20.8 Å². The van der Waals surface area contributed by atoms with Gasteiger partial charge in [-0.3, -0.25) is 4.79 Å². The molecule has 0 saturated heterocycles. The summed E-state index contributed by atoms with van der Waals surface area (Å²) in [6.07, 6.45) is -0.0766. The van der Waals surface area contributed by atoms with Gasteiger partial charge in [-0.1, -0.05) is 30.3 Å². The number of halogens is 1. The molecule has 0 unspecified atom stereocenters. The van der Waals surface area contributed by atoms with E-state index in [4.69, 9.17) is 9.15 Å². The molecule has 2 aromatic carbocycles. The number of alkyl carbamates (subject to hydrolysis) is 1. The highest BCUT2D eigenvalue weighted by molar-refractivity contribution is 5.73. The molecule has 2 amide bonds. The zero-order valence-corrected chi connectivity index (χ0v) is 19.0. The number of hydrogen-bond acceptors (Lipinski definition) is 6. The number of carbonyl (C=O) groups excluding carboxylic acids is 2. The fourth-order valence-electron chi connectivity index (χ4n) is 3.08. The standard InChI is InChI=1S/C24H27FN4O4/c1-15(30)27-20(22-29-28-21(32-22)18-6-5-7-19(25)13-18)12-16-8-10-17(11-9-16)14-26-23(31)33-24(2,3)4/h5-11,13,20H,12,14H2,1-4H3,(H,26,31)(H,27,30)/t20-/m0/s1. The summed E-state index contributed by atoms with van der Waals surface area (Å²) in [5, 5.41) is 13.6. The van der Waals surface area contributed by atoms with Gasteiger partial charge in [-0.25, -0.2) is 9.18 Å². The van der Waals surface area contributed by atoms with Crippen molar-refractivity contribution in [2.75, 3.05) is 0 Å². The van der Waals surface area contributed by atoms with Crippen LogP contribution in [0, 0.1) is 5.82 Å². The van der Waals surface area contributed by atoms with Crippen molar-refractivity contribution < 1.29 is 23.1 Å². The minimum absolute atomic E-state index is 0.170. The predicted molar refractivity (Wildman–Crippen MR) is 119 cm³/mol. The quantitative estimate of drug-likeness (QED) is 0.551. The molecule has 0 fully saturated rings. The number of ether oxygens (including phenoxy) is 1. The Hall–Kier alpha value is -3.75. The summed E-state index contributed by atoms with van der Waals surface area (Å²) in [6, 6.07) is 12.8. The minimum atomic E-state index is -0.560. The fourth-order valence-corrected chi connectivity index (χ4v) is 3.08. The lowest BCUT2D eigenvalue weighted by molar-refractivity contribution is -0.119. The number of rotatable bonds is 7. The van der Waals surface area contributed by atoms with Crippen LogP contribution in [0.25, 0.3) is 11.5 Å². The first-order valence-corrected chi connectivity index (χ1v) is 10.5. The highest BCUT2D eigenvalue weighted by Gasteiger charge is 2.21. The van der Waals surface area contributed by atoms with E-state index in [-0.39, 0.29) is 17.7 Å². The highest BCUT2D eigenvalue weighted by atomic mass is 19.1. The lowest BCUT2D eigenvalue weighted by Gasteiger charge is -2.19. The molecule has 1 aromatic heterocycles. The summed E-state index contributed by atoms with van der Waals surface area (Å²) in [5.41, 5.74) is 1.71. The maximum absolute atomic E-state index is 13.5. The Bertz CT molecular complexity index is 1110. The third-order valence-corrected chi connectivity index (χ3v) is 4.49. The van der Waals surface area contributed by atoms with Gasteiger partial charge in [-0.15, -0.1) is 10.2 Å². The van der Waals surface area contributed by atoms with Crippen LogP contribution in [-0.2, 0) is 22.5 Å². The molecule has 2 N–H and O–H groups in total. The van der Waals surface area contributed by atoms with Crippen molar-refractivity contribution in [3.05, 3.63) is 71.4 Å². The van der Waals surface area contributed by atoms with Crippen molar-refractivity contribution in [1.29, 1.82) is 0 Å². The Morgan fingerprint density at radius 2 is 1.79 bits per heavy atom. The van der Waals surface area contributed by atoms with E-state index in [1.54, 1.807) is 32.9 Å². The van der Waals surface area contributed by atoms with Gasteiger partial charge in [-0.2, -0.15) is 0 Å². The number of benzene rings is 2. The number of aromatic nitrogens is 2.